The van der Waals surface area contributed by atoms with E-state index in [9.17, 15) is 13.2 Å². The summed E-state index contributed by atoms with van der Waals surface area (Å²) in [6.07, 6.45) is 3.07. The highest BCUT2D eigenvalue weighted by Crippen LogP contribution is 2.27. The fourth-order valence-electron chi connectivity index (χ4n) is 2.84. The first-order valence-corrected chi connectivity index (χ1v) is 11.5. The minimum Gasteiger partial charge on any atom is -0.326 e. The van der Waals surface area contributed by atoms with Crippen LogP contribution in [0.4, 0.5) is 5.69 Å². The van der Waals surface area contributed by atoms with Crippen molar-refractivity contribution in [2.45, 2.75) is 21.9 Å². The first kappa shape index (κ1) is 18.4. The summed E-state index contributed by atoms with van der Waals surface area (Å²) >= 11 is 2.85. The third kappa shape index (κ3) is 4.25. The Kier molecular flexibility index (Phi) is 5.83. The van der Waals surface area contributed by atoms with Gasteiger partial charge in [0.2, 0.25) is 5.91 Å². The summed E-state index contributed by atoms with van der Waals surface area (Å²) in [5.74, 6) is -0.195. The van der Waals surface area contributed by atoms with Crippen molar-refractivity contribution >= 4 is 44.7 Å². The first-order chi connectivity index (χ1) is 12.0. The van der Waals surface area contributed by atoms with Gasteiger partial charge in [-0.15, -0.1) is 23.1 Å². The van der Waals surface area contributed by atoms with Crippen molar-refractivity contribution in [3.05, 3.63) is 41.8 Å². The van der Waals surface area contributed by atoms with Gasteiger partial charge < -0.3 is 5.32 Å². The number of thiophene rings is 1. The number of nitrogens with one attached hydrogen (secondary N) is 1. The second kappa shape index (κ2) is 7.90. The standard InChI is InChI=1S/C17H20N2O3S3/c1-23-15-5-2-4-14(12-15)18-17(20)13-7-9-19(10-8-13)25(21,22)16-6-3-11-24-16/h2-6,11-13H,7-10H2,1H3,(H,18,20). The number of sulfonamides is 1. The highest BCUT2D eigenvalue weighted by atomic mass is 32.2. The Morgan fingerprint density at radius 2 is 2.00 bits per heavy atom. The van der Waals surface area contributed by atoms with E-state index >= 15 is 0 Å². The van der Waals surface area contributed by atoms with Crippen LogP contribution in [-0.4, -0.2) is 38.0 Å². The molecule has 1 aliphatic rings. The van der Waals surface area contributed by atoms with Gasteiger partial charge in [0.25, 0.3) is 10.0 Å². The molecule has 1 aromatic heterocycles. The zero-order chi connectivity index (χ0) is 17.9. The summed E-state index contributed by atoms with van der Waals surface area (Å²) in [5, 5.41) is 4.71. The normalized spacial score (nSPS) is 16.7. The Balaban J connectivity index is 1.59. The summed E-state index contributed by atoms with van der Waals surface area (Å²) < 4.78 is 26.9. The maximum atomic E-state index is 12.5. The average molecular weight is 397 g/mol. The summed E-state index contributed by atoms with van der Waals surface area (Å²) in [4.78, 5) is 13.6. The Hall–Kier alpha value is -1.35. The van der Waals surface area contributed by atoms with Gasteiger partial charge in [-0.05, 0) is 48.7 Å². The highest BCUT2D eigenvalue weighted by Gasteiger charge is 2.32. The zero-order valence-electron chi connectivity index (χ0n) is 13.8. The molecule has 2 heterocycles. The molecule has 1 aromatic carbocycles. The van der Waals surface area contributed by atoms with Crippen LogP contribution in [-0.2, 0) is 14.8 Å². The Bertz CT molecular complexity index is 827. The van der Waals surface area contributed by atoms with Crippen molar-refractivity contribution in [2.75, 3.05) is 24.7 Å². The number of piperidine rings is 1. The van der Waals surface area contributed by atoms with E-state index in [1.54, 1.807) is 29.3 Å². The first-order valence-electron chi connectivity index (χ1n) is 7.99. The van der Waals surface area contributed by atoms with E-state index in [2.05, 4.69) is 5.32 Å². The zero-order valence-corrected chi connectivity index (χ0v) is 16.3. The third-order valence-electron chi connectivity index (χ3n) is 4.25. The number of amides is 1. The minimum atomic E-state index is -3.42. The molecular formula is C17H20N2O3S3. The van der Waals surface area contributed by atoms with Gasteiger partial charge in [-0.3, -0.25) is 4.79 Å². The molecule has 0 saturated carbocycles. The molecule has 1 N–H and O–H groups in total. The number of benzene rings is 1. The van der Waals surface area contributed by atoms with E-state index in [1.165, 1.54) is 15.6 Å². The quantitative estimate of drug-likeness (QED) is 0.786. The molecule has 1 aliphatic heterocycles. The molecule has 0 atom stereocenters. The van der Waals surface area contributed by atoms with Crippen molar-refractivity contribution in [1.82, 2.24) is 4.31 Å². The molecule has 1 fully saturated rings. The third-order valence-corrected chi connectivity index (χ3v) is 8.25. The lowest BCUT2D eigenvalue weighted by molar-refractivity contribution is -0.120. The van der Waals surface area contributed by atoms with E-state index in [1.807, 2.05) is 30.5 Å². The van der Waals surface area contributed by atoms with Crippen molar-refractivity contribution in [3.8, 4) is 0 Å². The molecule has 2 aromatic rings. The number of carbonyl (C=O) groups is 1. The number of anilines is 1. The SMILES string of the molecule is CSc1cccc(NC(=O)C2CCN(S(=O)(=O)c3cccs3)CC2)c1. The molecule has 1 saturated heterocycles. The van der Waals surface area contributed by atoms with Crippen LogP contribution in [0.3, 0.4) is 0 Å². The van der Waals surface area contributed by atoms with E-state index in [-0.39, 0.29) is 11.8 Å². The molecule has 0 spiro atoms. The van der Waals surface area contributed by atoms with Gasteiger partial charge in [0.05, 0.1) is 0 Å². The van der Waals surface area contributed by atoms with Crippen molar-refractivity contribution < 1.29 is 13.2 Å². The maximum Gasteiger partial charge on any atom is 0.252 e. The smallest absolute Gasteiger partial charge is 0.252 e. The predicted octanol–water partition coefficient (Wildman–Crippen LogP) is 3.51. The summed E-state index contributed by atoms with van der Waals surface area (Å²) in [6, 6.07) is 11.1. The molecule has 0 unspecified atom stereocenters. The summed E-state index contributed by atoms with van der Waals surface area (Å²) in [5.41, 5.74) is 0.783. The Morgan fingerprint density at radius 1 is 1.24 bits per heavy atom. The summed E-state index contributed by atoms with van der Waals surface area (Å²) in [6.45, 7) is 0.756. The molecular weight excluding hydrogens is 376 g/mol. The van der Waals surface area contributed by atoms with Crippen molar-refractivity contribution in [2.24, 2.45) is 5.92 Å². The van der Waals surface area contributed by atoms with Gasteiger partial charge in [-0.2, -0.15) is 4.31 Å². The van der Waals surface area contributed by atoms with Crippen LogP contribution in [0.25, 0.3) is 0 Å². The van der Waals surface area contributed by atoms with Crippen LogP contribution < -0.4 is 5.32 Å². The van der Waals surface area contributed by atoms with Gasteiger partial charge in [-0.25, -0.2) is 8.42 Å². The van der Waals surface area contributed by atoms with Crippen LogP contribution in [0.15, 0.2) is 50.9 Å². The lowest BCUT2D eigenvalue weighted by Gasteiger charge is -2.30. The number of carbonyl (C=O) groups excluding carboxylic acids is 1. The van der Waals surface area contributed by atoms with Gasteiger partial charge in [0.1, 0.15) is 4.21 Å². The Labute approximate surface area is 156 Å². The molecule has 0 bridgehead atoms. The number of thioether (sulfide) groups is 1. The largest absolute Gasteiger partial charge is 0.326 e. The van der Waals surface area contributed by atoms with Crippen LogP contribution in [0, 0.1) is 5.92 Å². The lowest BCUT2D eigenvalue weighted by Crippen LogP contribution is -2.41. The van der Waals surface area contributed by atoms with E-state index in [0.29, 0.717) is 30.1 Å². The van der Waals surface area contributed by atoms with Gasteiger partial charge >= 0.3 is 0 Å². The molecule has 3 rings (SSSR count). The number of hydrogen-bond donors (Lipinski definition) is 1. The van der Waals surface area contributed by atoms with Gasteiger partial charge in [-0.1, -0.05) is 12.1 Å². The van der Waals surface area contributed by atoms with E-state index < -0.39 is 10.0 Å². The van der Waals surface area contributed by atoms with Crippen LogP contribution >= 0.6 is 23.1 Å². The molecule has 5 nitrogen and oxygen atoms in total. The second-order valence-electron chi connectivity index (χ2n) is 5.83. The number of nitrogens with zero attached hydrogens (tertiary/aromatic N) is 1. The van der Waals surface area contributed by atoms with E-state index in [4.69, 9.17) is 0 Å². The van der Waals surface area contributed by atoms with Crippen molar-refractivity contribution in [1.29, 1.82) is 0 Å². The molecule has 8 heteroatoms. The highest BCUT2D eigenvalue weighted by molar-refractivity contribution is 7.98. The topological polar surface area (TPSA) is 66.5 Å². The molecule has 1 amide bonds. The Morgan fingerprint density at radius 3 is 2.64 bits per heavy atom. The monoisotopic (exact) mass is 396 g/mol. The van der Waals surface area contributed by atoms with Gasteiger partial charge in [0.15, 0.2) is 0 Å². The average Bonchev–Trinajstić information content (AvgIpc) is 3.17. The second-order valence-corrected chi connectivity index (χ2v) is 9.82. The molecule has 25 heavy (non-hydrogen) atoms. The van der Waals surface area contributed by atoms with Crippen molar-refractivity contribution in [3.63, 3.8) is 0 Å². The number of rotatable bonds is 5. The lowest BCUT2D eigenvalue weighted by atomic mass is 9.97. The fraction of sp³-hybridized carbons (Fsp3) is 0.353. The van der Waals surface area contributed by atoms with Crippen LogP contribution in [0.1, 0.15) is 12.8 Å². The minimum absolute atomic E-state index is 0.0357. The molecule has 0 aliphatic carbocycles. The van der Waals surface area contributed by atoms with Gasteiger partial charge in [0, 0.05) is 29.6 Å². The molecule has 134 valence electrons. The molecule has 0 radical (unpaired) electrons. The van der Waals surface area contributed by atoms with Crippen LogP contribution in [0.2, 0.25) is 0 Å². The predicted molar refractivity (Wildman–Crippen MR) is 103 cm³/mol. The van der Waals surface area contributed by atoms with E-state index in [0.717, 1.165) is 10.6 Å². The summed E-state index contributed by atoms with van der Waals surface area (Å²) in [7, 11) is -3.42. The maximum absolute atomic E-state index is 12.5. The fourth-order valence-corrected chi connectivity index (χ4v) is 5.91. The number of hydrogen-bond acceptors (Lipinski definition) is 5. The van der Waals surface area contributed by atoms with Crippen LogP contribution in [0.5, 0.6) is 0 Å².